The second-order valence-electron chi connectivity index (χ2n) is 5.83. The molecule has 0 bridgehead atoms. The average molecular weight is 328 g/mol. The first-order valence-corrected chi connectivity index (χ1v) is 7.72. The Morgan fingerprint density at radius 2 is 1.86 bits per heavy atom. The van der Waals surface area contributed by atoms with E-state index in [1.807, 2.05) is 4.90 Å². The number of hydrogen-bond donors (Lipinski definition) is 1. The first kappa shape index (κ1) is 17.2. The topological polar surface area (TPSA) is 35.6 Å². The number of carbonyl (C=O) groups is 1. The van der Waals surface area contributed by atoms with Gasteiger partial charge in [-0.2, -0.15) is 0 Å². The highest BCUT2D eigenvalue weighted by Gasteiger charge is 2.33. The van der Waals surface area contributed by atoms with Gasteiger partial charge in [-0.25, -0.2) is 4.39 Å². The van der Waals surface area contributed by atoms with Crippen LogP contribution in [0.1, 0.15) is 18.4 Å². The number of nitrogens with one attached hydrogen (secondary N) is 1. The van der Waals surface area contributed by atoms with Crippen molar-refractivity contribution in [3.05, 3.63) is 35.6 Å². The number of carbonyl (C=O) groups excluding carboxylic acids is 1. The van der Waals surface area contributed by atoms with Gasteiger partial charge in [0.15, 0.2) is 0 Å². The molecule has 1 amide bonds. The lowest BCUT2D eigenvalue weighted by Crippen LogP contribution is -2.52. The molecule has 2 aliphatic heterocycles. The van der Waals surface area contributed by atoms with Crippen molar-refractivity contribution in [3.8, 4) is 0 Å². The molecular formula is C16H23ClFN3O. The lowest BCUT2D eigenvalue weighted by atomic mass is 10.1. The molecule has 2 fully saturated rings. The number of halogens is 2. The third-order valence-corrected chi connectivity index (χ3v) is 4.38. The van der Waals surface area contributed by atoms with E-state index in [1.54, 1.807) is 12.1 Å². The Morgan fingerprint density at radius 3 is 2.55 bits per heavy atom. The van der Waals surface area contributed by atoms with Gasteiger partial charge < -0.3 is 10.2 Å². The maximum Gasteiger partial charge on any atom is 0.240 e. The minimum absolute atomic E-state index is 0. The molecule has 1 aromatic rings. The Labute approximate surface area is 137 Å². The summed E-state index contributed by atoms with van der Waals surface area (Å²) < 4.78 is 13.0. The second-order valence-corrected chi connectivity index (χ2v) is 5.83. The van der Waals surface area contributed by atoms with Crippen LogP contribution in [0, 0.1) is 5.82 Å². The van der Waals surface area contributed by atoms with Crippen molar-refractivity contribution in [2.45, 2.75) is 25.4 Å². The van der Waals surface area contributed by atoms with Gasteiger partial charge in [-0.15, -0.1) is 12.4 Å². The summed E-state index contributed by atoms with van der Waals surface area (Å²) >= 11 is 0. The van der Waals surface area contributed by atoms with E-state index >= 15 is 0 Å². The fourth-order valence-electron chi connectivity index (χ4n) is 3.22. The van der Waals surface area contributed by atoms with E-state index in [0.29, 0.717) is 0 Å². The van der Waals surface area contributed by atoms with Gasteiger partial charge in [0.2, 0.25) is 5.91 Å². The molecule has 2 heterocycles. The standard InChI is InChI=1S/C16H22FN3O.ClH/c17-14-5-3-13(4-6-14)12-20-9-1-2-15(20)16(21)19-10-7-18-8-11-19;/h3-6,15,18H,1-2,7-12H2;1H. The first-order chi connectivity index (χ1) is 10.2. The Morgan fingerprint density at radius 1 is 1.18 bits per heavy atom. The molecule has 0 saturated carbocycles. The zero-order valence-corrected chi connectivity index (χ0v) is 13.4. The predicted octanol–water partition coefficient (Wildman–Crippen LogP) is 1.64. The van der Waals surface area contributed by atoms with Gasteiger partial charge in [-0.3, -0.25) is 9.69 Å². The molecule has 0 spiro atoms. The lowest BCUT2D eigenvalue weighted by Gasteiger charge is -2.33. The fraction of sp³-hybridized carbons (Fsp3) is 0.562. The molecule has 0 aromatic heterocycles. The lowest BCUT2D eigenvalue weighted by molar-refractivity contribution is -0.136. The van der Waals surface area contributed by atoms with Gasteiger partial charge in [-0.05, 0) is 37.1 Å². The van der Waals surface area contributed by atoms with Crippen molar-refractivity contribution in [1.29, 1.82) is 0 Å². The van der Waals surface area contributed by atoms with E-state index in [-0.39, 0.29) is 30.2 Å². The Balaban J connectivity index is 0.00000176. The Bertz CT molecular complexity index is 491. The molecule has 3 rings (SSSR count). The largest absolute Gasteiger partial charge is 0.339 e. The molecule has 22 heavy (non-hydrogen) atoms. The zero-order chi connectivity index (χ0) is 14.7. The molecule has 122 valence electrons. The summed E-state index contributed by atoms with van der Waals surface area (Å²) in [5.74, 6) is 0.0460. The highest BCUT2D eigenvalue weighted by Crippen LogP contribution is 2.22. The van der Waals surface area contributed by atoms with E-state index < -0.39 is 0 Å². The third-order valence-electron chi connectivity index (χ3n) is 4.38. The fourth-order valence-corrected chi connectivity index (χ4v) is 3.22. The van der Waals surface area contributed by atoms with Gasteiger partial charge in [-0.1, -0.05) is 12.1 Å². The van der Waals surface area contributed by atoms with Crippen LogP contribution >= 0.6 is 12.4 Å². The Kier molecular flexibility index (Phi) is 6.17. The van der Waals surface area contributed by atoms with Crippen molar-refractivity contribution in [3.63, 3.8) is 0 Å². The van der Waals surface area contributed by atoms with Crippen LogP contribution in [-0.2, 0) is 11.3 Å². The van der Waals surface area contributed by atoms with E-state index in [2.05, 4.69) is 10.2 Å². The second kappa shape index (κ2) is 7.90. The summed E-state index contributed by atoms with van der Waals surface area (Å²) in [6.07, 6.45) is 1.99. The number of amides is 1. The monoisotopic (exact) mass is 327 g/mol. The summed E-state index contributed by atoms with van der Waals surface area (Å²) in [5.41, 5.74) is 1.07. The molecule has 2 aliphatic rings. The molecule has 0 aliphatic carbocycles. The molecular weight excluding hydrogens is 305 g/mol. The number of piperazine rings is 1. The first-order valence-electron chi connectivity index (χ1n) is 7.72. The number of hydrogen-bond acceptors (Lipinski definition) is 3. The van der Waals surface area contributed by atoms with Crippen LogP contribution in [0.5, 0.6) is 0 Å². The van der Waals surface area contributed by atoms with Crippen LogP contribution in [0.3, 0.4) is 0 Å². The number of benzene rings is 1. The highest BCUT2D eigenvalue weighted by molar-refractivity contribution is 5.85. The van der Waals surface area contributed by atoms with Crippen LogP contribution in [0.15, 0.2) is 24.3 Å². The summed E-state index contributed by atoms with van der Waals surface area (Å²) in [5, 5.41) is 3.27. The van der Waals surface area contributed by atoms with Crippen LogP contribution in [-0.4, -0.2) is 54.5 Å². The SMILES string of the molecule is Cl.O=C(C1CCCN1Cc1ccc(F)cc1)N1CCNCC1. The maximum atomic E-state index is 13.0. The van der Waals surface area contributed by atoms with E-state index in [4.69, 9.17) is 0 Å². The number of nitrogens with zero attached hydrogens (tertiary/aromatic N) is 2. The summed E-state index contributed by atoms with van der Waals surface area (Å²) in [4.78, 5) is 16.9. The van der Waals surface area contributed by atoms with Crippen LogP contribution in [0.4, 0.5) is 4.39 Å². The number of likely N-dealkylation sites (tertiary alicyclic amines) is 1. The van der Waals surface area contributed by atoms with Gasteiger partial charge in [0, 0.05) is 32.7 Å². The number of rotatable bonds is 3. The van der Waals surface area contributed by atoms with Crippen molar-refractivity contribution >= 4 is 18.3 Å². The van der Waals surface area contributed by atoms with Crippen LogP contribution in [0.2, 0.25) is 0 Å². The molecule has 2 saturated heterocycles. The van der Waals surface area contributed by atoms with E-state index in [1.165, 1.54) is 12.1 Å². The van der Waals surface area contributed by atoms with Gasteiger partial charge >= 0.3 is 0 Å². The minimum atomic E-state index is -0.214. The molecule has 4 nitrogen and oxygen atoms in total. The third kappa shape index (κ3) is 3.97. The molecule has 1 aromatic carbocycles. The quantitative estimate of drug-likeness (QED) is 0.917. The maximum absolute atomic E-state index is 13.0. The highest BCUT2D eigenvalue weighted by atomic mass is 35.5. The zero-order valence-electron chi connectivity index (χ0n) is 12.6. The molecule has 1 unspecified atom stereocenters. The normalized spacial score (nSPS) is 22.4. The summed E-state index contributed by atoms with van der Waals surface area (Å²) in [6.45, 7) is 5.05. The van der Waals surface area contributed by atoms with Gasteiger partial charge in [0.1, 0.15) is 5.82 Å². The van der Waals surface area contributed by atoms with Crippen molar-refractivity contribution in [2.75, 3.05) is 32.7 Å². The predicted molar refractivity (Wildman–Crippen MR) is 86.5 cm³/mol. The van der Waals surface area contributed by atoms with Crippen molar-refractivity contribution in [2.24, 2.45) is 0 Å². The van der Waals surface area contributed by atoms with Crippen LogP contribution in [0.25, 0.3) is 0 Å². The minimum Gasteiger partial charge on any atom is -0.339 e. The molecule has 6 heteroatoms. The van der Waals surface area contributed by atoms with Gasteiger partial charge in [0.05, 0.1) is 6.04 Å². The van der Waals surface area contributed by atoms with E-state index in [9.17, 15) is 9.18 Å². The van der Waals surface area contributed by atoms with Crippen molar-refractivity contribution < 1.29 is 9.18 Å². The summed E-state index contributed by atoms with van der Waals surface area (Å²) in [6, 6.07) is 6.57. The summed E-state index contributed by atoms with van der Waals surface area (Å²) in [7, 11) is 0. The van der Waals surface area contributed by atoms with E-state index in [0.717, 1.165) is 57.7 Å². The average Bonchev–Trinajstić information content (AvgIpc) is 2.98. The van der Waals surface area contributed by atoms with Crippen LogP contribution < -0.4 is 5.32 Å². The van der Waals surface area contributed by atoms with Crippen molar-refractivity contribution in [1.82, 2.24) is 15.1 Å². The Hall–Kier alpha value is -1.17. The molecule has 0 radical (unpaired) electrons. The smallest absolute Gasteiger partial charge is 0.240 e. The molecule has 1 atom stereocenters. The van der Waals surface area contributed by atoms with Gasteiger partial charge in [0.25, 0.3) is 0 Å². The molecule has 1 N–H and O–H groups in total.